The lowest BCUT2D eigenvalue weighted by Gasteiger charge is -2.41. The monoisotopic (exact) mass is 734 g/mol. The molecule has 3 aromatic carbocycles. The zero-order valence-electron chi connectivity index (χ0n) is 32.9. The summed E-state index contributed by atoms with van der Waals surface area (Å²) in [6.45, 7) is 15.4. The van der Waals surface area contributed by atoms with E-state index in [0.717, 1.165) is 97.2 Å². The van der Waals surface area contributed by atoms with E-state index in [2.05, 4.69) is 90.3 Å². The third kappa shape index (κ3) is 11.1. The minimum absolute atomic E-state index is 0.00208. The third-order valence-corrected chi connectivity index (χ3v) is 13.2. The van der Waals surface area contributed by atoms with E-state index in [9.17, 15) is 13.2 Å². The lowest BCUT2D eigenvalue weighted by molar-refractivity contribution is -0.940. The van der Waals surface area contributed by atoms with Crippen molar-refractivity contribution in [2.24, 2.45) is 5.41 Å². The average Bonchev–Trinajstić information content (AvgIpc) is 3.25. The summed E-state index contributed by atoms with van der Waals surface area (Å²) in [5.74, 6) is 0.827. The van der Waals surface area contributed by atoms with Crippen LogP contribution in [0.15, 0.2) is 71.6 Å². The maximum Gasteiger partial charge on any atom is 0.302 e. The van der Waals surface area contributed by atoms with Gasteiger partial charge in [0.1, 0.15) is 18.9 Å². The van der Waals surface area contributed by atoms with E-state index in [1.807, 2.05) is 26.2 Å². The number of nitrogens with zero attached hydrogens (tertiary/aromatic N) is 2. The number of hydrogen-bond acceptors (Lipinski definition) is 7. The fourth-order valence-corrected chi connectivity index (χ4v) is 10.1. The fourth-order valence-electron chi connectivity index (χ4n) is 7.87. The second-order valence-electron chi connectivity index (χ2n) is 15.2. The maximum atomic E-state index is 14.1. The number of anilines is 1. The molecule has 5 rings (SSSR count). The van der Waals surface area contributed by atoms with Gasteiger partial charge < -0.3 is 24.2 Å². The summed E-state index contributed by atoms with van der Waals surface area (Å²) in [5, 5.41) is 3.50. The first-order valence-electron chi connectivity index (χ1n) is 19.3. The van der Waals surface area contributed by atoms with Crippen LogP contribution >= 0.6 is 0 Å². The van der Waals surface area contributed by atoms with Crippen molar-refractivity contribution < 1.29 is 27.2 Å². The van der Waals surface area contributed by atoms with Gasteiger partial charge in [-0.15, -0.1) is 0 Å². The summed E-state index contributed by atoms with van der Waals surface area (Å²) in [6, 6.07) is 23.3. The highest BCUT2D eigenvalue weighted by Gasteiger charge is 2.43. The van der Waals surface area contributed by atoms with Crippen LogP contribution in [-0.2, 0) is 32.5 Å². The molecule has 0 aromatic heterocycles. The molecule has 0 radical (unpaired) electrons. The number of unbranched alkanes of at least 4 members (excludes halogenated alkanes) is 2. The number of ether oxygens (including phenoxy) is 2. The molecule has 0 aliphatic carbocycles. The van der Waals surface area contributed by atoms with E-state index in [0.29, 0.717) is 11.5 Å². The number of methoxy groups -OCH3 is 1. The number of hydrogen-bond donors (Lipinski definition) is 1. The van der Waals surface area contributed by atoms with Gasteiger partial charge in [0, 0.05) is 51.3 Å². The standard InChI is InChI=1S/C40H58N3O3S.C3H6O2/c1-6-9-21-40(22-10-7-2)28-38(37-27-35(42(4)5)17-20-39(37)47(44,45)31-40)34-15-18-36(19-16-34)46-30-33-13-11-32(12-14-33)29-43(8-3)25-23-41-24-26-43;1-3(4)5-2/h11-20,27,38,41H,6-10,21-26,28-31H2,1-5H3;1-2H3/q+1;/t38-;/m1./s1. The molecule has 1 fully saturated rings. The van der Waals surface area contributed by atoms with Gasteiger partial charge in [-0.2, -0.15) is 0 Å². The van der Waals surface area contributed by atoms with Gasteiger partial charge in [0.05, 0.1) is 37.4 Å². The number of likely N-dealkylation sites (N-methyl/N-ethyl adjacent to an activating group) is 1. The maximum absolute atomic E-state index is 14.1. The van der Waals surface area contributed by atoms with Crippen molar-refractivity contribution in [3.05, 3.63) is 89.0 Å². The number of quaternary nitrogens is 1. The van der Waals surface area contributed by atoms with Gasteiger partial charge in [-0.05, 0) is 78.6 Å². The number of piperazine rings is 1. The van der Waals surface area contributed by atoms with Crippen LogP contribution in [0.3, 0.4) is 0 Å². The van der Waals surface area contributed by atoms with E-state index in [-0.39, 0.29) is 23.1 Å². The predicted octanol–water partition coefficient (Wildman–Crippen LogP) is 8.13. The zero-order valence-corrected chi connectivity index (χ0v) is 33.7. The number of carbonyl (C=O) groups excluding carboxylic acids is 1. The van der Waals surface area contributed by atoms with Crippen molar-refractivity contribution in [1.82, 2.24) is 5.32 Å². The Bertz CT molecular complexity index is 1660. The van der Waals surface area contributed by atoms with Crippen molar-refractivity contribution >= 4 is 21.5 Å². The summed E-state index contributed by atoms with van der Waals surface area (Å²) >= 11 is 0. The molecule has 1 saturated heterocycles. The lowest BCUT2D eigenvalue weighted by Crippen LogP contribution is -2.57. The second-order valence-corrected chi connectivity index (χ2v) is 17.2. The molecule has 0 spiro atoms. The molecule has 286 valence electrons. The normalized spacial score (nSPS) is 18.6. The van der Waals surface area contributed by atoms with E-state index in [4.69, 9.17) is 4.74 Å². The molecular weight excluding hydrogens is 671 g/mol. The predicted molar refractivity (Wildman–Crippen MR) is 213 cm³/mol. The van der Waals surface area contributed by atoms with Crippen molar-refractivity contribution in [2.45, 2.75) is 96.6 Å². The van der Waals surface area contributed by atoms with Gasteiger partial charge in [0.2, 0.25) is 0 Å². The van der Waals surface area contributed by atoms with Gasteiger partial charge in [0.25, 0.3) is 0 Å². The minimum atomic E-state index is -3.44. The molecular formula is C43H64N3O5S+. The second kappa shape index (κ2) is 19.1. The molecule has 0 bridgehead atoms. The Labute approximate surface area is 314 Å². The molecule has 3 aromatic rings. The molecule has 2 aliphatic heterocycles. The van der Waals surface area contributed by atoms with Gasteiger partial charge in [0.15, 0.2) is 9.84 Å². The SMILES string of the molecule is CCCCC1(CCCC)C[C@H](c2ccc(OCc3ccc(C[N+]4(CC)CCNCC4)cc3)cc2)c2cc(N(C)C)ccc2S(=O)(=O)C1.COC(C)=O. The summed E-state index contributed by atoms with van der Waals surface area (Å²) in [6.07, 6.45) is 6.98. The lowest BCUT2D eigenvalue weighted by atomic mass is 9.70. The van der Waals surface area contributed by atoms with E-state index < -0.39 is 9.84 Å². The first kappa shape index (κ1) is 41.4. The van der Waals surface area contributed by atoms with Gasteiger partial charge in [-0.1, -0.05) is 75.9 Å². The summed E-state index contributed by atoms with van der Waals surface area (Å²) in [4.78, 5) is 12.2. The van der Waals surface area contributed by atoms with E-state index in [1.54, 1.807) is 0 Å². The number of fused-ring (bicyclic) bond motifs is 1. The van der Waals surface area contributed by atoms with Crippen LogP contribution in [0.2, 0.25) is 0 Å². The van der Waals surface area contributed by atoms with Crippen molar-refractivity contribution in [3.63, 3.8) is 0 Å². The first-order chi connectivity index (χ1) is 24.9. The van der Waals surface area contributed by atoms with Crippen LogP contribution in [0.5, 0.6) is 5.75 Å². The van der Waals surface area contributed by atoms with Gasteiger partial charge in [-0.3, -0.25) is 4.79 Å². The fraction of sp³-hybridized carbons (Fsp3) is 0.558. The zero-order chi connectivity index (χ0) is 37.8. The number of benzene rings is 3. The summed E-state index contributed by atoms with van der Waals surface area (Å²) < 4.78 is 39.7. The molecule has 9 heteroatoms. The smallest absolute Gasteiger partial charge is 0.302 e. The molecule has 8 nitrogen and oxygen atoms in total. The molecule has 1 atom stereocenters. The molecule has 2 heterocycles. The Balaban J connectivity index is 0.00000113. The molecule has 1 N–H and O–H groups in total. The molecule has 2 aliphatic rings. The number of sulfone groups is 1. The Morgan fingerprint density at radius 2 is 1.50 bits per heavy atom. The van der Waals surface area contributed by atoms with Crippen LogP contribution in [0.25, 0.3) is 0 Å². The van der Waals surface area contributed by atoms with E-state index in [1.165, 1.54) is 39.2 Å². The topological polar surface area (TPSA) is 84.9 Å². The Morgan fingerprint density at radius 3 is 2.04 bits per heavy atom. The highest BCUT2D eigenvalue weighted by atomic mass is 32.2. The number of esters is 1. The largest absolute Gasteiger partial charge is 0.489 e. The highest BCUT2D eigenvalue weighted by molar-refractivity contribution is 7.91. The minimum Gasteiger partial charge on any atom is -0.489 e. The van der Waals surface area contributed by atoms with Gasteiger partial charge in [-0.25, -0.2) is 8.42 Å². The number of rotatable bonds is 14. The van der Waals surface area contributed by atoms with Gasteiger partial charge >= 0.3 is 5.97 Å². The molecule has 0 amide bonds. The van der Waals surface area contributed by atoms with Crippen LogP contribution in [-0.4, -0.2) is 78.6 Å². The quantitative estimate of drug-likeness (QED) is 0.132. The first-order valence-corrected chi connectivity index (χ1v) is 21.0. The van der Waals surface area contributed by atoms with Crippen LogP contribution in [0, 0.1) is 5.41 Å². The van der Waals surface area contributed by atoms with Crippen LogP contribution in [0.4, 0.5) is 5.69 Å². The van der Waals surface area contributed by atoms with E-state index >= 15 is 0 Å². The summed E-state index contributed by atoms with van der Waals surface area (Å²) in [5.41, 5.74) is 5.44. The Kier molecular flexibility index (Phi) is 15.2. The van der Waals surface area contributed by atoms with Crippen molar-refractivity contribution in [1.29, 1.82) is 0 Å². The van der Waals surface area contributed by atoms with Crippen LogP contribution < -0.4 is 15.0 Å². The van der Waals surface area contributed by atoms with Crippen molar-refractivity contribution in [3.8, 4) is 5.75 Å². The highest BCUT2D eigenvalue weighted by Crippen LogP contribution is 2.50. The molecule has 52 heavy (non-hydrogen) atoms. The number of carbonyl (C=O) groups is 1. The average molecular weight is 735 g/mol. The Hall–Kier alpha value is -3.40. The van der Waals surface area contributed by atoms with Crippen molar-refractivity contribution in [2.75, 3.05) is 64.6 Å². The summed E-state index contributed by atoms with van der Waals surface area (Å²) in [7, 11) is 1.94. The Morgan fingerprint density at radius 1 is 0.904 bits per heavy atom. The molecule has 0 unspecified atom stereocenters. The number of nitrogens with one attached hydrogen (secondary N) is 1. The molecule has 0 saturated carbocycles. The van der Waals surface area contributed by atoms with Crippen LogP contribution in [0.1, 0.15) is 101 Å². The third-order valence-electron chi connectivity index (χ3n) is 11.2.